The third-order valence-electron chi connectivity index (χ3n) is 4.23. The number of amides is 1. The molecule has 3 aromatic rings. The first kappa shape index (κ1) is 18.2. The maximum absolute atomic E-state index is 13.4. The summed E-state index contributed by atoms with van der Waals surface area (Å²) in [6.45, 7) is 1.24. The van der Waals surface area contributed by atoms with Gasteiger partial charge in [0.05, 0.1) is 18.6 Å². The van der Waals surface area contributed by atoms with E-state index < -0.39 is 11.6 Å². The van der Waals surface area contributed by atoms with Crippen LogP contribution in [0.1, 0.15) is 26.6 Å². The molecule has 5 nitrogen and oxygen atoms in total. The first-order valence-electron chi connectivity index (χ1n) is 8.62. The van der Waals surface area contributed by atoms with Crippen LogP contribution in [-0.2, 0) is 19.6 Å². The van der Waals surface area contributed by atoms with Crippen molar-refractivity contribution >= 4 is 28.6 Å². The van der Waals surface area contributed by atoms with E-state index in [4.69, 9.17) is 0 Å². The largest absolute Gasteiger partial charge is 0.352 e. The lowest BCUT2D eigenvalue weighted by Gasteiger charge is -2.21. The molecular formula is C20H16F2N4OS. The zero-order chi connectivity index (χ0) is 19.5. The zero-order valence-corrected chi connectivity index (χ0v) is 15.5. The predicted molar refractivity (Wildman–Crippen MR) is 103 cm³/mol. The van der Waals surface area contributed by atoms with Crippen LogP contribution in [0.3, 0.4) is 0 Å². The van der Waals surface area contributed by atoms with E-state index in [-0.39, 0.29) is 5.91 Å². The Hall–Kier alpha value is -3.13. The van der Waals surface area contributed by atoms with E-state index >= 15 is 0 Å². The molecule has 1 aliphatic heterocycles. The molecule has 0 aliphatic carbocycles. The Bertz CT molecular complexity index is 1040. The summed E-state index contributed by atoms with van der Waals surface area (Å²) < 4.78 is 26.4. The van der Waals surface area contributed by atoms with Crippen molar-refractivity contribution in [1.82, 2.24) is 15.2 Å². The number of hydrogen-bond acceptors (Lipinski definition) is 5. The molecule has 0 unspecified atom stereocenters. The first-order valence-corrected chi connectivity index (χ1v) is 9.44. The summed E-state index contributed by atoms with van der Waals surface area (Å²) in [5, 5.41) is 3.89. The number of fused-ring (bicyclic) bond motifs is 1. The van der Waals surface area contributed by atoms with Gasteiger partial charge >= 0.3 is 0 Å². The van der Waals surface area contributed by atoms with Crippen LogP contribution in [0.25, 0.3) is 0 Å². The topological polar surface area (TPSA) is 57.6 Å². The monoisotopic (exact) mass is 398 g/mol. The number of benzene rings is 2. The lowest BCUT2D eigenvalue weighted by atomic mass is 10.2. The molecule has 4 rings (SSSR count). The van der Waals surface area contributed by atoms with Gasteiger partial charge in [-0.1, -0.05) is 47.7 Å². The lowest BCUT2D eigenvalue weighted by molar-refractivity contribution is 0.0950. The maximum Gasteiger partial charge on any atom is 0.280 e. The smallest absolute Gasteiger partial charge is 0.280 e. The van der Waals surface area contributed by atoms with E-state index in [1.807, 2.05) is 35.2 Å². The number of carbonyl (C=O) groups is 1. The molecule has 1 amide bonds. The summed E-state index contributed by atoms with van der Waals surface area (Å²) in [4.78, 5) is 23.0. The highest BCUT2D eigenvalue weighted by Gasteiger charge is 2.21. The average Bonchev–Trinajstić information content (AvgIpc) is 3.13. The predicted octanol–water partition coefficient (Wildman–Crippen LogP) is 4.03. The van der Waals surface area contributed by atoms with Crippen molar-refractivity contribution in [2.45, 2.75) is 19.6 Å². The number of thiazole rings is 1. The molecule has 0 bridgehead atoms. The third kappa shape index (κ3) is 4.07. The van der Waals surface area contributed by atoms with Gasteiger partial charge in [0.1, 0.15) is 5.00 Å². The molecular weight excluding hydrogens is 382 g/mol. The third-order valence-corrected chi connectivity index (χ3v) is 5.23. The second kappa shape index (κ2) is 7.85. The quantitative estimate of drug-likeness (QED) is 0.706. The molecule has 0 radical (unpaired) electrons. The minimum Gasteiger partial charge on any atom is -0.352 e. The molecule has 0 atom stereocenters. The molecule has 2 heterocycles. The Morgan fingerprint density at radius 3 is 2.71 bits per heavy atom. The standard InChI is InChI=1S/C20H16F2N4OS/c21-15-7-6-14(8-16(15)22)10-26-11-17-19(24-12-26)28-20(25-17)18(27)23-9-13-4-2-1-3-5-13/h1-8,12H,9-11H2,(H,23,27). The summed E-state index contributed by atoms with van der Waals surface area (Å²) in [7, 11) is 0. The second-order valence-corrected chi connectivity index (χ2v) is 7.31. The summed E-state index contributed by atoms with van der Waals surface area (Å²) in [5.74, 6) is -1.99. The fraction of sp³-hybridized carbons (Fsp3) is 0.150. The van der Waals surface area contributed by atoms with E-state index in [1.165, 1.54) is 23.5 Å². The van der Waals surface area contributed by atoms with Crippen LogP contribution in [0, 0.1) is 11.6 Å². The van der Waals surface area contributed by atoms with E-state index in [1.54, 1.807) is 6.34 Å². The van der Waals surface area contributed by atoms with Crippen LogP contribution in [0.15, 0.2) is 53.5 Å². The molecule has 142 valence electrons. The van der Waals surface area contributed by atoms with Crippen molar-refractivity contribution in [1.29, 1.82) is 0 Å². The van der Waals surface area contributed by atoms with E-state index in [9.17, 15) is 13.6 Å². The number of aromatic nitrogens is 1. The minimum atomic E-state index is -0.877. The Morgan fingerprint density at radius 2 is 1.93 bits per heavy atom. The lowest BCUT2D eigenvalue weighted by Crippen LogP contribution is -2.24. The van der Waals surface area contributed by atoms with Crippen LogP contribution in [0.5, 0.6) is 0 Å². The Kier molecular flexibility index (Phi) is 5.12. The fourth-order valence-corrected chi connectivity index (χ4v) is 3.67. The number of carbonyl (C=O) groups excluding carboxylic acids is 1. The molecule has 8 heteroatoms. The highest BCUT2D eigenvalue weighted by atomic mass is 32.1. The van der Waals surface area contributed by atoms with Crippen molar-refractivity contribution in [3.8, 4) is 0 Å². The summed E-state index contributed by atoms with van der Waals surface area (Å²) >= 11 is 1.23. The molecule has 1 aliphatic rings. The molecule has 0 saturated heterocycles. The van der Waals surface area contributed by atoms with E-state index in [0.717, 1.165) is 11.6 Å². The molecule has 1 N–H and O–H groups in total. The molecule has 0 saturated carbocycles. The van der Waals surface area contributed by atoms with Gasteiger partial charge in [0.15, 0.2) is 16.6 Å². The van der Waals surface area contributed by atoms with Gasteiger partial charge in [0.2, 0.25) is 0 Å². The number of rotatable bonds is 5. The van der Waals surface area contributed by atoms with Gasteiger partial charge in [0, 0.05) is 13.1 Å². The van der Waals surface area contributed by atoms with E-state index in [0.29, 0.717) is 40.9 Å². The van der Waals surface area contributed by atoms with Gasteiger partial charge < -0.3 is 10.2 Å². The molecule has 2 aromatic carbocycles. The van der Waals surface area contributed by atoms with Crippen molar-refractivity contribution in [2.75, 3.05) is 0 Å². The zero-order valence-electron chi connectivity index (χ0n) is 14.7. The molecule has 1 aromatic heterocycles. The highest BCUT2D eigenvalue weighted by molar-refractivity contribution is 7.17. The normalized spacial score (nSPS) is 12.7. The number of nitrogens with zero attached hydrogens (tertiary/aromatic N) is 3. The number of halogens is 2. The number of hydrogen-bond donors (Lipinski definition) is 1. The van der Waals surface area contributed by atoms with Crippen LogP contribution < -0.4 is 5.32 Å². The second-order valence-electron chi connectivity index (χ2n) is 6.34. The molecule has 0 spiro atoms. The van der Waals surface area contributed by atoms with E-state index in [2.05, 4.69) is 15.3 Å². The Balaban J connectivity index is 1.40. The SMILES string of the molecule is O=C(NCc1ccccc1)c1nc2c(s1)N=CN(Cc1ccc(F)c(F)c1)C2. The van der Waals surface area contributed by atoms with Gasteiger partial charge in [-0.3, -0.25) is 4.79 Å². The molecule has 28 heavy (non-hydrogen) atoms. The summed E-state index contributed by atoms with van der Waals surface area (Å²) in [6, 6.07) is 13.4. The summed E-state index contributed by atoms with van der Waals surface area (Å²) in [6.07, 6.45) is 1.63. The van der Waals surface area contributed by atoms with Crippen molar-refractivity contribution < 1.29 is 13.6 Å². The van der Waals surface area contributed by atoms with Crippen LogP contribution in [0.2, 0.25) is 0 Å². The van der Waals surface area contributed by atoms with Gasteiger partial charge in [0.25, 0.3) is 5.91 Å². The van der Waals surface area contributed by atoms with Crippen LogP contribution in [0.4, 0.5) is 13.8 Å². The maximum atomic E-state index is 13.4. The average molecular weight is 398 g/mol. The first-order chi connectivity index (χ1) is 13.6. The van der Waals surface area contributed by atoms with Crippen molar-refractivity contribution in [3.63, 3.8) is 0 Å². The van der Waals surface area contributed by atoms with Gasteiger partial charge in [-0.05, 0) is 23.3 Å². The van der Waals surface area contributed by atoms with Gasteiger partial charge in [-0.2, -0.15) is 0 Å². The van der Waals surface area contributed by atoms with Gasteiger partial charge in [-0.25, -0.2) is 18.8 Å². The van der Waals surface area contributed by atoms with Crippen LogP contribution in [-0.4, -0.2) is 22.1 Å². The van der Waals surface area contributed by atoms with Crippen molar-refractivity contribution in [2.24, 2.45) is 4.99 Å². The fourth-order valence-electron chi connectivity index (χ4n) is 2.83. The van der Waals surface area contributed by atoms with Crippen molar-refractivity contribution in [3.05, 3.63) is 82.0 Å². The molecule has 0 fully saturated rings. The minimum absolute atomic E-state index is 0.245. The number of nitrogens with one attached hydrogen (secondary N) is 1. The number of aliphatic imine (C=N–C) groups is 1. The van der Waals surface area contributed by atoms with Gasteiger partial charge in [-0.15, -0.1) is 0 Å². The summed E-state index contributed by atoms with van der Waals surface area (Å²) in [5.41, 5.74) is 2.33. The Morgan fingerprint density at radius 1 is 1.11 bits per heavy atom. The van der Waals surface area contributed by atoms with Crippen LogP contribution >= 0.6 is 11.3 Å². The highest BCUT2D eigenvalue weighted by Crippen LogP contribution is 2.31. The Labute approximate surface area is 164 Å².